The summed E-state index contributed by atoms with van der Waals surface area (Å²) in [5.41, 5.74) is 2.65. The van der Waals surface area contributed by atoms with Crippen molar-refractivity contribution in [1.82, 2.24) is 34.5 Å². The van der Waals surface area contributed by atoms with Crippen LogP contribution in [0.4, 0.5) is 13.6 Å². The minimum Gasteiger partial charge on any atom is -0.479 e. The number of likely N-dealkylation sites (tertiary alicyclic amines) is 1. The van der Waals surface area contributed by atoms with E-state index in [1.54, 1.807) is 29.8 Å². The first-order valence-electron chi connectivity index (χ1n) is 14.3. The number of piperidine rings is 1. The Balaban J connectivity index is 1.51. The minimum atomic E-state index is -2.19. The molecule has 1 saturated heterocycles. The Kier molecular flexibility index (Phi) is 8.71. The van der Waals surface area contributed by atoms with E-state index in [2.05, 4.69) is 54.3 Å². The number of rotatable bonds is 8. The lowest BCUT2D eigenvalue weighted by Crippen LogP contribution is -2.45. The standard InChI is InChI=1S/C29H36ClF2N7O4Si/c1-17-26(35-36-39(17)23-9-10-37(28(40)41)15-21(23)32)18-11-24(27-20(30)13-34-38(27)14-18)43-25(22-8-7-19(31)12-33-22)16-42-44(5,6)29(2,3)4/h7-8,11-14,21,23,25H,9-10,15-16H2,1-6H3,(H,40,41)/t21-,23+,25?/m0/s1. The molecule has 1 unspecified atom stereocenters. The van der Waals surface area contributed by atoms with Crippen LogP contribution in [-0.4, -0.2) is 79.9 Å². The van der Waals surface area contributed by atoms with Crippen LogP contribution in [-0.2, 0) is 4.43 Å². The van der Waals surface area contributed by atoms with Gasteiger partial charge in [-0.15, -0.1) is 5.10 Å². The van der Waals surface area contributed by atoms with E-state index in [1.807, 2.05) is 0 Å². The summed E-state index contributed by atoms with van der Waals surface area (Å²) in [7, 11) is -2.19. The van der Waals surface area contributed by atoms with Gasteiger partial charge in [-0.3, -0.25) is 4.98 Å². The number of pyridine rings is 2. The summed E-state index contributed by atoms with van der Waals surface area (Å²) in [5.74, 6) is -0.101. The summed E-state index contributed by atoms with van der Waals surface area (Å²) >= 11 is 6.55. The molecule has 0 spiro atoms. The number of halogens is 3. The first kappa shape index (κ1) is 31.8. The molecule has 0 bridgehead atoms. The van der Waals surface area contributed by atoms with E-state index in [0.29, 0.717) is 38.9 Å². The van der Waals surface area contributed by atoms with Crippen LogP contribution in [0.1, 0.15) is 50.7 Å². The molecule has 0 aliphatic carbocycles. The Hall–Kier alpha value is -3.62. The highest BCUT2D eigenvalue weighted by atomic mass is 35.5. The minimum absolute atomic E-state index is 0.0536. The van der Waals surface area contributed by atoms with Crippen LogP contribution in [0.3, 0.4) is 0 Å². The number of nitrogens with zero attached hydrogens (tertiary/aromatic N) is 7. The van der Waals surface area contributed by atoms with Crippen molar-refractivity contribution in [2.45, 2.75) is 70.6 Å². The van der Waals surface area contributed by atoms with E-state index < -0.39 is 38.5 Å². The van der Waals surface area contributed by atoms with Crippen LogP contribution in [0.2, 0.25) is 23.2 Å². The molecule has 0 radical (unpaired) electrons. The molecular formula is C29H36ClF2N7O4Si. The quantitative estimate of drug-likeness (QED) is 0.215. The van der Waals surface area contributed by atoms with Gasteiger partial charge in [-0.1, -0.05) is 37.6 Å². The van der Waals surface area contributed by atoms with Crippen LogP contribution < -0.4 is 4.74 Å². The fourth-order valence-electron chi connectivity index (χ4n) is 4.94. The molecule has 236 valence electrons. The molecule has 0 aromatic carbocycles. The largest absolute Gasteiger partial charge is 0.479 e. The maximum absolute atomic E-state index is 15.1. The predicted molar refractivity (Wildman–Crippen MR) is 163 cm³/mol. The van der Waals surface area contributed by atoms with Crippen molar-refractivity contribution in [2.24, 2.45) is 0 Å². The van der Waals surface area contributed by atoms with Gasteiger partial charge in [0.05, 0.1) is 48.0 Å². The predicted octanol–water partition coefficient (Wildman–Crippen LogP) is 6.49. The Labute approximate surface area is 259 Å². The summed E-state index contributed by atoms with van der Waals surface area (Å²) < 4.78 is 45.0. The van der Waals surface area contributed by atoms with Gasteiger partial charge in [0, 0.05) is 18.3 Å². The topological polar surface area (TPSA) is 120 Å². The zero-order chi connectivity index (χ0) is 32.0. The molecule has 1 fully saturated rings. The summed E-state index contributed by atoms with van der Waals surface area (Å²) in [6.07, 6.45) is 1.33. The average molecular weight is 648 g/mol. The molecule has 1 aliphatic rings. The van der Waals surface area contributed by atoms with Crippen molar-refractivity contribution in [3.63, 3.8) is 0 Å². The smallest absolute Gasteiger partial charge is 0.407 e. The highest BCUT2D eigenvalue weighted by Crippen LogP contribution is 2.39. The molecule has 3 atom stereocenters. The molecule has 0 saturated carbocycles. The van der Waals surface area contributed by atoms with E-state index in [9.17, 15) is 14.3 Å². The number of aromatic nitrogens is 6. The second-order valence-corrected chi connectivity index (χ2v) is 17.7. The number of ether oxygens (including phenoxy) is 1. The van der Waals surface area contributed by atoms with Gasteiger partial charge in [-0.25, -0.2) is 22.8 Å². The van der Waals surface area contributed by atoms with Gasteiger partial charge < -0.3 is 19.2 Å². The number of carbonyl (C=O) groups is 1. The van der Waals surface area contributed by atoms with E-state index >= 15 is 4.39 Å². The van der Waals surface area contributed by atoms with E-state index in [0.717, 1.165) is 11.1 Å². The van der Waals surface area contributed by atoms with Crippen LogP contribution in [0.5, 0.6) is 5.75 Å². The fourth-order valence-corrected chi connectivity index (χ4v) is 6.17. The van der Waals surface area contributed by atoms with E-state index in [1.165, 1.54) is 16.9 Å². The van der Waals surface area contributed by atoms with Crippen LogP contribution in [0.15, 0.2) is 36.8 Å². The van der Waals surface area contributed by atoms with E-state index in [4.69, 9.17) is 20.8 Å². The zero-order valence-electron chi connectivity index (χ0n) is 25.5. The molecule has 4 aromatic rings. The van der Waals surface area contributed by atoms with Crippen LogP contribution in [0.25, 0.3) is 16.8 Å². The number of hydrogen-bond acceptors (Lipinski definition) is 7. The first-order chi connectivity index (χ1) is 20.7. The van der Waals surface area contributed by atoms with E-state index in [-0.39, 0.29) is 31.2 Å². The second-order valence-electron chi connectivity index (χ2n) is 12.5. The van der Waals surface area contributed by atoms with Gasteiger partial charge in [-0.2, -0.15) is 5.10 Å². The fraction of sp³-hybridized carbons (Fsp3) is 0.483. The normalized spacial score (nSPS) is 18.5. The summed E-state index contributed by atoms with van der Waals surface area (Å²) in [6.45, 7) is 12.6. The number of carboxylic acid groups (broad SMARTS) is 1. The van der Waals surface area contributed by atoms with Gasteiger partial charge in [-0.05, 0) is 49.7 Å². The number of fused-ring (bicyclic) bond motifs is 1. The lowest BCUT2D eigenvalue weighted by molar-refractivity contribution is 0.0741. The molecule has 15 heteroatoms. The molecule has 5 heterocycles. The Morgan fingerprint density at radius 2 is 2.02 bits per heavy atom. The zero-order valence-corrected chi connectivity index (χ0v) is 27.2. The third-order valence-corrected chi connectivity index (χ3v) is 13.4. The summed E-state index contributed by atoms with van der Waals surface area (Å²) in [4.78, 5) is 16.7. The first-order valence-corrected chi connectivity index (χ1v) is 17.6. The Bertz CT molecular complexity index is 1660. The average Bonchev–Trinajstić information content (AvgIpc) is 3.52. The van der Waals surface area contributed by atoms with Crippen LogP contribution in [0, 0.1) is 12.7 Å². The van der Waals surface area contributed by atoms with Gasteiger partial charge >= 0.3 is 6.09 Å². The number of amides is 1. The van der Waals surface area contributed by atoms with Gasteiger partial charge in [0.1, 0.15) is 28.9 Å². The van der Waals surface area contributed by atoms with Crippen molar-refractivity contribution in [3.8, 4) is 17.0 Å². The van der Waals surface area contributed by atoms with Crippen molar-refractivity contribution < 1.29 is 27.8 Å². The molecule has 5 rings (SSSR count). The molecule has 1 amide bonds. The van der Waals surface area contributed by atoms with Gasteiger partial charge in [0.25, 0.3) is 0 Å². The summed E-state index contributed by atoms with van der Waals surface area (Å²) in [5, 5.41) is 22.5. The lowest BCUT2D eigenvalue weighted by atomic mass is 10.0. The van der Waals surface area contributed by atoms with Gasteiger partial charge in [0.2, 0.25) is 0 Å². The number of hydrogen-bond donors (Lipinski definition) is 1. The van der Waals surface area contributed by atoms with Gasteiger partial charge in [0.15, 0.2) is 14.4 Å². The monoisotopic (exact) mass is 647 g/mol. The molecule has 44 heavy (non-hydrogen) atoms. The molecule has 11 nitrogen and oxygen atoms in total. The molecule has 4 aromatic heterocycles. The van der Waals surface area contributed by atoms with Crippen molar-refractivity contribution in [3.05, 3.63) is 59.0 Å². The maximum Gasteiger partial charge on any atom is 0.407 e. The van der Waals surface area contributed by atoms with Crippen molar-refractivity contribution >= 4 is 31.5 Å². The summed E-state index contributed by atoms with van der Waals surface area (Å²) in [6, 6.07) is 3.98. The third-order valence-electron chi connectivity index (χ3n) is 8.58. The second kappa shape index (κ2) is 12.0. The molecule has 1 aliphatic heterocycles. The van der Waals surface area contributed by atoms with Crippen LogP contribution >= 0.6 is 11.6 Å². The van der Waals surface area contributed by atoms with Crippen molar-refractivity contribution in [1.29, 1.82) is 0 Å². The highest BCUT2D eigenvalue weighted by molar-refractivity contribution is 6.74. The Morgan fingerprint density at radius 3 is 2.66 bits per heavy atom. The molecular weight excluding hydrogens is 612 g/mol. The molecule has 1 N–H and O–H groups in total. The third kappa shape index (κ3) is 6.28. The van der Waals surface area contributed by atoms with Crippen molar-refractivity contribution in [2.75, 3.05) is 19.7 Å². The SMILES string of the molecule is Cc1c(-c2cc(OC(CO[Si](C)(C)C(C)(C)C)c3ccc(F)cn3)c3c(Cl)cnn3c2)nnn1[C@@H]1CCN(C(=O)O)C[C@@H]1F. The number of alkyl halides is 1. The Morgan fingerprint density at radius 1 is 1.27 bits per heavy atom. The highest BCUT2D eigenvalue weighted by Gasteiger charge is 2.38. The maximum atomic E-state index is 15.1. The lowest BCUT2D eigenvalue weighted by Gasteiger charge is -2.37.